The lowest BCUT2D eigenvalue weighted by Gasteiger charge is -2.55. The van der Waals surface area contributed by atoms with E-state index in [1.165, 1.54) is 5.56 Å². The first-order valence-electron chi connectivity index (χ1n) is 11.0. The Hall–Kier alpha value is -0.340. The number of rotatable bonds is 4. The van der Waals surface area contributed by atoms with Gasteiger partial charge in [0.1, 0.15) is 10.5 Å². The van der Waals surface area contributed by atoms with E-state index in [1.54, 1.807) is 0 Å². The van der Waals surface area contributed by atoms with E-state index in [9.17, 15) is 4.21 Å². The predicted molar refractivity (Wildman–Crippen MR) is 138 cm³/mol. The van der Waals surface area contributed by atoms with Crippen LogP contribution in [0.2, 0.25) is 0 Å². The van der Waals surface area contributed by atoms with Crippen LogP contribution in [0.5, 0.6) is 0 Å². The molecule has 31 heavy (non-hydrogen) atoms. The van der Waals surface area contributed by atoms with Crippen LogP contribution >= 0.6 is 28.1 Å². The number of thiocarbonyl (C=S) groups is 1. The van der Waals surface area contributed by atoms with E-state index < -0.39 is 21.3 Å². The van der Waals surface area contributed by atoms with Crippen LogP contribution in [0.25, 0.3) is 0 Å². The highest BCUT2D eigenvalue weighted by molar-refractivity contribution is 9.10. The topological polar surface area (TPSA) is 41.6 Å². The lowest BCUT2D eigenvalue weighted by Crippen LogP contribution is -2.65. The Kier molecular flexibility index (Phi) is 7.17. The van der Waals surface area contributed by atoms with E-state index in [1.807, 2.05) is 46.9 Å². The van der Waals surface area contributed by atoms with Crippen molar-refractivity contribution in [1.82, 2.24) is 9.62 Å². The monoisotopic (exact) mass is 528 g/mol. The number of ether oxygens (including phenoxy) is 1. The molecule has 0 aromatic heterocycles. The minimum atomic E-state index is -1.29. The summed E-state index contributed by atoms with van der Waals surface area (Å²) in [6.45, 7) is 10.6. The van der Waals surface area contributed by atoms with Gasteiger partial charge in [-0.3, -0.25) is 0 Å². The van der Waals surface area contributed by atoms with Crippen molar-refractivity contribution in [2.75, 3.05) is 21.2 Å². The Balaban J connectivity index is 2.29. The minimum Gasteiger partial charge on any atom is -0.381 e. The van der Waals surface area contributed by atoms with Gasteiger partial charge >= 0.3 is 0 Å². The maximum Gasteiger partial charge on any atom is 0.112 e. The molecule has 2 unspecified atom stereocenters. The summed E-state index contributed by atoms with van der Waals surface area (Å²) in [6, 6.07) is 6.50. The van der Waals surface area contributed by atoms with Crippen LogP contribution in [-0.2, 0) is 27.7 Å². The summed E-state index contributed by atoms with van der Waals surface area (Å²) in [5.74, 6) is 0.751. The maximum absolute atomic E-state index is 13.6. The van der Waals surface area contributed by atoms with Gasteiger partial charge in [0.05, 0.1) is 21.8 Å². The van der Waals surface area contributed by atoms with Gasteiger partial charge in [-0.25, -0.2) is 8.93 Å². The van der Waals surface area contributed by atoms with Crippen molar-refractivity contribution in [1.29, 1.82) is 0 Å². The van der Waals surface area contributed by atoms with Gasteiger partial charge in [-0.1, -0.05) is 48.1 Å². The molecule has 4 nitrogen and oxygen atoms in total. The van der Waals surface area contributed by atoms with E-state index >= 15 is 0 Å². The Morgan fingerprint density at radius 3 is 2.32 bits per heavy atom. The molecule has 174 valence electrons. The van der Waals surface area contributed by atoms with Crippen molar-refractivity contribution in [2.45, 2.75) is 70.3 Å². The Labute approximate surface area is 204 Å². The second-order valence-corrected chi connectivity index (χ2v) is 14.0. The molecule has 1 N–H and O–H groups in total. The molecule has 7 heteroatoms. The van der Waals surface area contributed by atoms with Gasteiger partial charge in [-0.15, -0.1) is 0 Å². The summed E-state index contributed by atoms with van der Waals surface area (Å²) in [6.07, 6.45) is 3.07. The van der Waals surface area contributed by atoms with E-state index in [0.717, 1.165) is 34.3 Å². The molecule has 0 aliphatic heterocycles. The number of nitrogens with one attached hydrogen (secondary N) is 1. The smallest absolute Gasteiger partial charge is 0.112 e. The van der Waals surface area contributed by atoms with Gasteiger partial charge in [-0.2, -0.15) is 0 Å². The van der Waals surface area contributed by atoms with Crippen LogP contribution in [0.15, 0.2) is 22.7 Å². The molecule has 0 amide bonds. The largest absolute Gasteiger partial charge is 0.381 e. The summed E-state index contributed by atoms with van der Waals surface area (Å²) in [5, 5.41) is 0. The van der Waals surface area contributed by atoms with Gasteiger partial charge in [0.25, 0.3) is 0 Å². The first-order chi connectivity index (χ1) is 14.3. The van der Waals surface area contributed by atoms with Gasteiger partial charge in [0, 0.05) is 31.1 Å². The van der Waals surface area contributed by atoms with Crippen molar-refractivity contribution in [3.8, 4) is 0 Å². The fourth-order valence-corrected chi connectivity index (χ4v) is 7.85. The Morgan fingerprint density at radius 2 is 1.84 bits per heavy atom. The molecule has 0 radical (unpaired) electrons. The third-order valence-electron chi connectivity index (χ3n) is 7.15. The average molecular weight is 530 g/mol. The number of halogens is 1. The fourth-order valence-electron chi connectivity index (χ4n) is 6.04. The van der Waals surface area contributed by atoms with E-state index in [-0.39, 0.29) is 11.5 Å². The molecular weight excluding hydrogens is 492 g/mol. The van der Waals surface area contributed by atoms with Gasteiger partial charge < -0.3 is 9.64 Å². The molecule has 1 fully saturated rings. The predicted octanol–water partition coefficient (Wildman–Crippen LogP) is 5.21. The maximum atomic E-state index is 13.6. The van der Waals surface area contributed by atoms with Crippen molar-refractivity contribution >= 4 is 44.1 Å². The second kappa shape index (κ2) is 8.79. The molecule has 6 atom stereocenters. The molecule has 2 aliphatic carbocycles. The van der Waals surface area contributed by atoms with Crippen LogP contribution in [0.1, 0.15) is 58.6 Å². The number of nitrogens with zero attached hydrogens (tertiary/aromatic N) is 1. The zero-order chi connectivity index (χ0) is 23.4. The van der Waals surface area contributed by atoms with Crippen LogP contribution in [-0.4, -0.2) is 46.2 Å². The third-order valence-corrected chi connectivity index (χ3v) is 9.92. The van der Waals surface area contributed by atoms with Crippen molar-refractivity contribution in [3.05, 3.63) is 33.8 Å². The number of methoxy groups -OCH3 is 1. The number of benzene rings is 1. The van der Waals surface area contributed by atoms with E-state index in [0.29, 0.717) is 11.8 Å². The van der Waals surface area contributed by atoms with E-state index in [4.69, 9.17) is 17.0 Å². The van der Waals surface area contributed by atoms with Gasteiger partial charge in [0.15, 0.2) is 0 Å². The van der Waals surface area contributed by atoms with Crippen LogP contribution in [0, 0.1) is 17.3 Å². The Bertz CT molecular complexity index is 871. The van der Waals surface area contributed by atoms with Gasteiger partial charge in [0.2, 0.25) is 0 Å². The van der Waals surface area contributed by atoms with Gasteiger partial charge in [-0.05, 0) is 75.1 Å². The van der Waals surface area contributed by atoms with Crippen molar-refractivity contribution in [3.63, 3.8) is 0 Å². The van der Waals surface area contributed by atoms with Crippen molar-refractivity contribution < 1.29 is 8.95 Å². The highest BCUT2D eigenvalue weighted by atomic mass is 79.9. The number of fused-ring (bicyclic) bond motifs is 1. The second-order valence-electron chi connectivity index (χ2n) is 10.8. The summed E-state index contributed by atoms with van der Waals surface area (Å²) in [5.41, 5.74) is 1.59. The molecule has 2 aliphatic rings. The lowest BCUT2D eigenvalue weighted by atomic mass is 9.56. The molecule has 1 saturated carbocycles. The van der Waals surface area contributed by atoms with Crippen molar-refractivity contribution in [2.24, 2.45) is 17.3 Å². The molecular formula is C24H37BrN2O2S2. The summed E-state index contributed by atoms with van der Waals surface area (Å²) in [4.78, 5) is 2.83. The zero-order valence-electron chi connectivity index (χ0n) is 20.0. The van der Waals surface area contributed by atoms with Crippen LogP contribution in [0.3, 0.4) is 0 Å². The quantitative estimate of drug-likeness (QED) is 0.544. The zero-order valence-corrected chi connectivity index (χ0v) is 23.3. The molecule has 0 heterocycles. The third kappa shape index (κ3) is 4.18. The Morgan fingerprint density at radius 1 is 1.26 bits per heavy atom. The molecule has 3 rings (SSSR count). The average Bonchev–Trinajstić information content (AvgIpc) is 2.89. The molecule has 0 bridgehead atoms. The standard InChI is InChI=1S/C24H37BrN2O2S2/c1-15-12-23(13-16(2)20(15)29-8)14-17-9-10-18(25)11-19(17)24(23,21(30)27(6)7)26-31(28)22(3,4)5/h9-11,15-16,20,26H,12-14H2,1-8H3/t15-,16+,20?,23?,24-,31+/m1/s1. The molecule has 1 aromatic rings. The summed E-state index contributed by atoms with van der Waals surface area (Å²) in [7, 11) is 4.54. The van der Waals surface area contributed by atoms with Crippen LogP contribution in [0.4, 0.5) is 0 Å². The highest BCUT2D eigenvalue weighted by Crippen LogP contribution is 2.61. The summed E-state index contributed by atoms with van der Waals surface area (Å²) >= 11 is 9.87. The fraction of sp³-hybridized carbons (Fsp3) is 0.708. The molecule has 0 saturated heterocycles. The number of hydrogen-bond donors (Lipinski definition) is 1. The first-order valence-corrected chi connectivity index (χ1v) is 13.4. The minimum absolute atomic E-state index is 0.174. The number of hydrogen-bond acceptors (Lipinski definition) is 3. The highest BCUT2D eigenvalue weighted by Gasteiger charge is 2.64. The molecule has 1 aromatic carbocycles. The van der Waals surface area contributed by atoms with E-state index in [2.05, 4.69) is 52.7 Å². The molecule has 1 spiro atoms. The number of likely N-dealkylation sites (N-methyl/N-ethyl adjacent to an activating group) is 1. The first kappa shape index (κ1) is 25.3. The summed E-state index contributed by atoms with van der Waals surface area (Å²) < 4.78 is 23.8. The SMILES string of the molecule is COC1[C@H](C)CC2(Cc3ccc(Br)cc3[C@@]2(N[S@@](=O)C(C)(C)C)C(=S)N(C)C)C[C@@H]1C. The van der Waals surface area contributed by atoms with Crippen LogP contribution < -0.4 is 4.72 Å². The normalized spacial score (nSPS) is 33.9. The lowest BCUT2D eigenvalue weighted by molar-refractivity contribution is -0.0677.